The smallest absolute Gasteiger partial charge is 0.119 e. The predicted octanol–water partition coefficient (Wildman–Crippen LogP) is 2.79. The van der Waals surface area contributed by atoms with Crippen LogP contribution in [0.1, 0.15) is 6.42 Å². The second-order valence-electron chi connectivity index (χ2n) is 3.88. The first-order chi connectivity index (χ1) is 7.79. The maximum Gasteiger partial charge on any atom is 0.119 e. The Morgan fingerprint density at radius 3 is 2.75 bits per heavy atom. The third kappa shape index (κ3) is 2.75. The SMILES string of the molecule is N#CC(Nc1ccc(Br)cc1)C1CCOC1. The average molecular weight is 281 g/mol. The molecule has 1 N–H and O–H groups in total. The van der Waals surface area contributed by atoms with E-state index in [0.29, 0.717) is 12.5 Å². The second-order valence-corrected chi connectivity index (χ2v) is 4.80. The third-order valence-corrected chi connectivity index (χ3v) is 3.27. The standard InChI is InChI=1S/C12H13BrN2O/c13-10-1-3-11(4-2-10)15-12(7-14)9-5-6-16-8-9/h1-4,9,12,15H,5-6,8H2. The molecule has 16 heavy (non-hydrogen) atoms. The molecule has 2 rings (SSSR count). The van der Waals surface area contributed by atoms with Gasteiger partial charge in [0.1, 0.15) is 6.04 Å². The Morgan fingerprint density at radius 1 is 1.44 bits per heavy atom. The van der Waals surface area contributed by atoms with E-state index < -0.39 is 0 Å². The molecule has 4 heteroatoms. The summed E-state index contributed by atoms with van der Waals surface area (Å²) in [5.41, 5.74) is 0.974. The van der Waals surface area contributed by atoms with Crippen molar-refractivity contribution in [1.82, 2.24) is 0 Å². The molecule has 0 spiro atoms. The first-order valence-electron chi connectivity index (χ1n) is 5.29. The van der Waals surface area contributed by atoms with E-state index in [2.05, 4.69) is 27.3 Å². The van der Waals surface area contributed by atoms with E-state index in [1.54, 1.807) is 0 Å². The fourth-order valence-electron chi connectivity index (χ4n) is 1.80. The van der Waals surface area contributed by atoms with E-state index in [9.17, 15) is 0 Å². The number of anilines is 1. The van der Waals surface area contributed by atoms with E-state index in [1.807, 2.05) is 24.3 Å². The van der Waals surface area contributed by atoms with Crippen LogP contribution in [0, 0.1) is 17.2 Å². The second kappa shape index (κ2) is 5.33. The number of rotatable bonds is 3. The zero-order valence-electron chi connectivity index (χ0n) is 8.82. The Bertz CT molecular complexity index is 379. The minimum absolute atomic E-state index is 0.163. The highest BCUT2D eigenvalue weighted by atomic mass is 79.9. The predicted molar refractivity (Wildman–Crippen MR) is 66.1 cm³/mol. The maximum absolute atomic E-state index is 9.13. The highest BCUT2D eigenvalue weighted by Gasteiger charge is 2.25. The molecule has 0 amide bonds. The summed E-state index contributed by atoms with van der Waals surface area (Å²) in [6.07, 6.45) is 0.960. The van der Waals surface area contributed by atoms with Crippen molar-refractivity contribution in [3.63, 3.8) is 0 Å². The first-order valence-corrected chi connectivity index (χ1v) is 6.08. The molecule has 0 aliphatic carbocycles. The monoisotopic (exact) mass is 280 g/mol. The van der Waals surface area contributed by atoms with E-state index in [1.165, 1.54) is 0 Å². The minimum atomic E-state index is -0.163. The number of nitriles is 1. The Kier molecular flexibility index (Phi) is 3.81. The average Bonchev–Trinajstić information content (AvgIpc) is 2.82. The topological polar surface area (TPSA) is 45.0 Å². The van der Waals surface area contributed by atoms with Crippen LogP contribution >= 0.6 is 15.9 Å². The summed E-state index contributed by atoms with van der Waals surface area (Å²) in [6, 6.07) is 9.99. The molecule has 84 valence electrons. The van der Waals surface area contributed by atoms with Crippen LogP contribution in [-0.4, -0.2) is 19.3 Å². The summed E-state index contributed by atoms with van der Waals surface area (Å²) >= 11 is 3.38. The zero-order chi connectivity index (χ0) is 11.4. The van der Waals surface area contributed by atoms with Crippen LogP contribution < -0.4 is 5.32 Å². The van der Waals surface area contributed by atoms with Crippen molar-refractivity contribution in [2.45, 2.75) is 12.5 Å². The molecule has 2 atom stereocenters. The summed E-state index contributed by atoms with van der Waals surface area (Å²) < 4.78 is 6.34. The molecule has 3 nitrogen and oxygen atoms in total. The molecule has 1 fully saturated rings. The van der Waals surface area contributed by atoms with Gasteiger partial charge in [-0.25, -0.2) is 0 Å². The molecule has 1 aromatic carbocycles. The summed E-state index contributed by atoms with van der Waals surface area (Å²) in [4.78, 5) is 0. The van der Waals surface area contributed by atoms with E-state index in [-0.39, 0.29) is 6.04 Å². The first kappa shape index (κ1) is 11.4. The molecule has 1 saturated heterocycles. The molecular formula is C12H13BrN2O. The van der Waals surface area contributed by atoms with Crippen LogP contribution in [0.25, 0.3) is 0 Å². The van der Waals surface area contributed by atoms with Gasteiger partial charge < -0.3 is 10.1 Å². The van der Waals surface area contributed by atoms with Gasteiger partial charge in [0.15, 0.2) is 0 Å². The molecule has 1 aliphatic rings. The molecule has 2 unspecified atom stereocenters. The van der Waals surface area contributed by atoms with Gasteiger partial charge in [0, 0.05) is 22.7 Å². The van der Waals surface area contributed by atoms with Crippen molar-refractivity contribution in [2.24, 2.45) is 5.92 Å². The van der Waals surface area contributed by atoms with Crippen molar-refractivity contribution in [1.29, 1.82) is 5.26 Å². The molecule has 0 saturated carbocycles. The quantitative estimate of drug-likeness (QED) is 0.926. The number of nitrogens with one attached hydrogen (secondary N) is 1. The minimum Gasteiger partial charge on any atom is -0.381 e. The molecule has 0 radical (unpaired) electrons. The molecule has 0 bridgehead atoms. The van der Waals surface area contributed by atoms with Gasteiger partial charge in [0.25, 0.3) is 0 Å². The van der Waals surface area contributed by atoms with Crippen LogP contribution in [0.3, 0.4) is 0 Å². The van der Waals surface area contributed by atoms with Gasteiger partial charge >= 0.3 is 0 Å². The molecule has 1 heterocycles. The summed E-state index contributed by atoms with van der Waals surface area (Å²) in [6.45, 7) is 1.45. The normalized spacial score (nSPS) is 21.4. The van der Waals surface area contributed by atoms with E-state index in [0.717, 1.165) is 23.2 Å². The van der Waals surface area contributed by atoms with Crippen LogP contribution in [0.2, 0.25) is 0 Å². The zero-order valence-corrected chi connectivity index (χ0v) is 10.4. The lowest BCUT2D eigenvalue weighted by Crippen LogP contribution is -2.27. The highest BCUT2D eigenvalue weighted by Crippen LogP contribution is 2.21. The van der Waals surface area contributed by atoms with Gasteiger partial charge in [-0.2, -0.15) is 5.26 Å². The van der Waals surface area contributed by atoms with Gasteiger partial charge in [-0.05, 0) is 30.7 Å². The fraction of sp³-hybridized carbons (Fsp3) is 0.417. The third-order valence-electron chi connectivity index (χ3n) is 2.74. The summed E-state index contributed by atoms with van der Waals surface area (Å²) in [5.74, 6) is 0.300. The van der Waals surface area contributed by atoms with Crippen molar-refractivity contribution < 1.29 is 4.74 Å². The number of benzene rings is 1. The van der Waals surface area contributed by atoms with Crippen LogP contribution in [0.4, 0.5) is 5.69 Å². The Labute approximate surface area is 104 Å². The van der Waals surface area contributed by atoms with Crippen molar-refractivity contribution in [3.05, 3.63) is 28.7 Å². The van der Waals surface area contributed by atoms with Crippen LogP contribution in [-0.2, 0) is 4.74 Å². The van der Waals surface area contributed by atoms with Gasteiger partial charge in [-0.15, -0.1) is 0 Å². The van der Waals surface area contributed by atoms with Crippen molar-refractivity contribution in [2.75, 3.05) is 18.5 Å². The van der Waals surface area contributed by atoms with Gasteiger partial charge in [-0.1, -0.05) is 15.9 Å². The number of hydrogen-bond acceptors (Lipinski definition) is 3. The summed E-state index contributed by atoms with van der Waals surface area (Å²) in [5, 5.41) is 12.4. The largest absolute Gasteiger partial charge is 0.381 e. The fourth-order valence-corrected chi connectivity index (χ4v) is 2.06. The number of nitrogens with zero attached hydrogens (tertiary/aromatic N) is 1. The lowest BCUT2D eigenvalue weighted by molar-refractivity contribution is 0.185. The number of halogens is 1. The molecule has 1 aliphatic heterocycles. The lowest BCUT2D eigenvalue weighted by Gasteiger charge is -2.17. The number of ether oxygens (including phenoxy) is 1. The Balaban J connectivity index is 2.01. The Morgan fingerprint density at radius 2 is 2.19 bits per heavy atom. The van der Waals surface area contributed by atoms with Crippen molar-refractivity contribution in [3.8, 4) is 6.07 Å². The van der Waals surface area contributed by atoms with Gasteiger partial charge in [-0.3, -0.25) is 0 Å². The Hall–Kier alpha value is -1.05. The van der Waals surface area contributed by atoms with Crippen molar-refractivity contribution >= 4 is 21.6 Å². The molecule has 1 aromatic rings. The van der Waals surface area contributed by atoms with Crippen LogP contribution in [0.5, 0.6) is 0 Å². The summed E-state index contributed by atoms with van der Waals surface area (Å²) in [7, 11) is 0. The van der Waals surface area contributed by atoms with Gasteiger partial charge in [0.05, 0.1) is 12.7 Å². The van der Waals surface area contributed by atoms with E-state index in [4.69, 9.17) is 10.00 Å². The maximum atomic E-state index is 9.13. The highest BCUT2D eigenvalue weighted by molar-refractivity contribution is 9.10. The lowest BCUT2D eigenvalue weighted by atomic mass is 10.00. The van der Waals surface area contributed by atoms with E-state index >= 15 is 0 Å². The molecular weight excluding hydrogens is 268 g/mol. The molecule has 0 aromatic heterocycles. The number of hydrogen-bond donors (Lipinski definition) is 1. The van der Waals surface area contributed by atoms with Gasteiger partial charge in [0.2, 0.25) is 0 Å². The van der Waals surface area contributed by atoms with Crippen LogP contribution in [0.15, 0.2) is 28.7 Å².